The fourth-order valence-electron chi connectivity index (χ4n) is 8.83. The molecule has 0 saturated carbocycles. The van der Waals surface area contributed by atoms with E-state index in [0.29, 0.717) is 48.1 Å². The number of fused-ring (bicyclic) bond motifs is 3. The van der Waals surface area contributed by atoms with Crippen LogP contribution in [0.15, 0.2) is 94.2 Å². The van der Waals surface area contributed by atoms with Crippen molar-refractivity contribution in [2.75, 3.05) is 20.8 Å². The Kier molecular flexibility index (Phi) is 15.8. The molecule has 4 aromatic carbocycles. The van der Waals surface area contributed by atoms with Gasteiger partial charge in [0.15, 0.2) is 5.78 Å². The second-order valence-electron chi connectivity index (χ2n) is 16.4. The minimum atomic E-state index is -4.16. The first-order valence-corrected chi connectivity index (χ1v) is 23.2. The molecular weight excluding hydrogens is 851 g/mol. The minimum Gasteiger partial charge on any atom is -0.496 e. The fourth-order valence-corrected chi connectivity index (χ4v) is 10.3. The Bertz CT molecular complexity index is 2520. The van der Waals surface area contributed by atoms with E-state index in [1.807, 2.05) is 78.9 Å². The highest BCUT2D eigenvalue weighted by Gasteiger charge is 2.45. The summed E-state index contributed by atoms with van der Waals surface area (Å²) >= 11 is 0. The van der Waals surface area contributed by atoms with Crippen LogP contribution in [-0.2, 0) is 45.3 Å². The molecule has 1 saturated heterocycles. The summed E-state index contributed by atoms with van der Waals surface area (Å²) in [6, 6.07) is 23.0. The van der Waals surface area contributed by atoms with E-state index in [4.69, 9.17) is 19.9 Å². The van der Waals surface area contributed by atoms with Crippen molar-refractivity contribution < 1.29 is 46.6 Å². The van der Waals surface area contributed by atoms with Gasteiger partial charge in [0.25, 0.3) is 10.0 Å². The van der Waals surface area contributed by atoms with Crippen LogP contribution in [0.25, 0.3) is 11.1 Å². The van der Waals surface area contributed by atoms with E-state index in [1.165, 1.54) is 19.1 Å². The monoisotopic (exact) mass is 907 g/mol. The lowest BCUT2D eigenvalue weighted by Gasteiger charge is -2.32. The number of methoxy groups -OCH3 is 2. The standard InChI is InChI=1S/C49H57N5O10S/c1-30-28-41(62-4)31(2)32(3)46(30)65(60,61)53-42(50)24-14-13-22-38(40(55)25-26-43(56)63-5)51-47(57)39-23-15-27-54(39)48(58)45(52-49(59)64-29-33-16-7-6-8-17-33)44-36-20-11-9-18-34(36)35-19-10-12-21-37(35)44/h6-12,16-21,28,38-39,44-45H,13-15,22-27,29H2,1-5H3,(H2,50,53)(H,51,57)(H,52,59)/t38?,39-,45?/m0/s1. The molecule has 16 heteroatoms. The lowest BCUT2D eigenvalue weighted by Crippen LogP contribution is -2.56. The van der Waals surface area contributed by atoms with Crippen molar-refractivity contribution in [1.82, 2.24) is 15.5 Å². The summed E-state index contributed by atoms with van der Waals surface area (Å²) in [5, 5.41) is 5.74. The molecule has 1 fully saturated rings. The highest BCUT2D eigenvalue weighted by molar-refractivity contribution is 7.90. The Hall–Kier alpha value is -6.55. The molecule has 0 aromatic heterocycles. The molecule has 0 spiro atoms. The van der Waals surface area contributed by atoms with Crippen molar-refractivity contribution in [2.45, 2.75) is 108 Å². The van der Waals surface area contributed by atoms with Crippen LogP contribution in [0.3, 0.4) is 0 Å². The number of ketones is 1. The molecule has 3 amide bonds. The Morgan fingerprint density at radius 3 is 2.12 bits per heavy atom. The Morgan fingerprint density at radius 1 is 0.831 bits per heavy atom. The van der Waals surface area contributed by atoms with Crippen molar-refractivity contribution in [1.29, 1.82) is 0 Å². The topological polar surface area (TPSA) is 213 Å². The smallest absolute Gasteiger partial charge is 0.408 e. The van der Waals surface area contributed by atoms with E-state index in [0.717, 1.165) is 27.8 Å². The lowest BCUT2D eigenvalue weighted by molar-refractivity contribution is -0.142. The molecule has 1 aliphatic heterocycles. The number of nitrogens with one attached hydrogen (secondary N) is 2. The zero-order valence-electron chi connectivity index (χ0n) is 37.4. The number of carbonyl (C=O) groups excluding carboxylic acids is 5. The number of esters is 1. The van der Waals surface area contributed by atoms with Crippen LogP contribution < -0.4 is 21.1 Å². The number of sulfonamides is 1. The average Bonchev–Trinajstić information content (AvgIpc) is 3.92. The highest BCUT2D eigenvalue weighted by Crippen LogP contribution is 2.47. The van der Waals surface area contributed by atoms with Gasteiger partial charge < -0.3 is 35.5 Å². The van der Waals surface area contributed by atoms with Gasteiger partial charge >= 0.3 is 12.1 Å². The summed E-state index contributed by atoms with van der Waals surface area (Å²) in [6.45, 7) is 5.31. The third-order valence-corrected chi connectivity index (χ3v) is 13.8. The van der Waals surface area contributed by atoms with Gasteiger partial charge in [-0.2, -0.15) is 8.42 Å². The number of likely N-dealkylation sites (tertiary alicyclic amines) is 1. The van der Waals surface area contributed by atoms with Gasteiger partial charge in [-0.1, -0.05) is 85.3 Å². The molecule has 4 N–H and O–H groups in total. The average molecular weight is 908 g/mol. The van der Waals surface area contributed by atoms with Crippen LogP contribution >= 0.6 is 0 Å². The number of nitrogens with two attached hydrogens (primary N) is 1. The summed E-state index contributed by atoms with van der Waals surface area (Å²) in [5.74, 6) is -2.20. The summed E-state index contributed by atoms with van der Waals surface area (Å²) in [5.41, 5.74) is 12.1. The van der Waals surface area contributed by atoms with Gasteiger partial charge in [0.2, 0.25) is 11.8 Å². The van der Waals surface area contributed by atoms with Crippen LogP contribution in [0.2, 0.25) is 0 Å². The number of ether oxygens (including phenoxy) is 3. The van der Waals surface area contributed by atoms with Crippen LogP contribution in [-0.4, -0.2) is 87.7 Å². The van der Waals surface area contributed by atoms with Gasteiger partial charge in [0, 0.05) is 25.3 Å². The summed E-state index contributed by atoms with van der Waals surface area (Å²) < 4.78 is 46.5. The second-order valence-corrected chi connectivity index (χ2v) is 17.9. The molecule has 1 heterocycles. The molecular formula is C49H57N5O10S. The first-order valence-electron chi connectivity index (χ1n) is 21.7. The number of amides is 3. The number of nitrogens with zero attached hydrogens (tertiary/aromatic N) is 2. The van der Waals surface area contributed by atoms with E-state index in [-0.39, 0.29) is 49.6 Å². The van der Waals surface area contributed by atoms with Gasteiger partial charge in [0.1, 0.15) is 30.3 Å². The molecule has 6 rings (SSSR count). The van der Waals surface area contributed by atoms with E-state index in [2.05, 4.69) is 15.0 Å². The molecule has 2 aliphatic rings. The molecule has 2 unspecified atom stereocenters. The Labute approximate surface area is 380 Å². The van der Waals surface area contributed by atoms with Gasteiger partial charge in [-0.15, -0.1) is 4.40 Å². The number of aryl methyl sites for hydroxylation is 1. The maximum absolute atomic E-state index is 14.9. The van der Waals surface area contributed by atoms with Crippen LogP contribution in [0.5, 0.6) is 5.75 Å². The molecule has 344 valence electrons. The predicted octanol–water partition coefficient (Wildman–Crippen LogP) is 6.33. The van der Waals surface area contributed by atoms with Crippen molar-refractivity contribution in [3.8, 4) is 16.9 Å². The third kappa shape index (κ3) is 11.2. The summed E-state index contributed by atoms with van der Waals surface area (Å²) in [4.78, 5) is 69.9. The molecule has 1 aliphatic carbocycles. The van der Waals surface area contributed by atoms with Gasteiger partial charge in [-0.25, -0.2) is 4.79 Å². The van der Waals surface area contributed by atoms with Crippen LogP contribution in [0.4, 0.5) is 4.79 Å². The third-order valence-electron chi connectivity index (χ3n) is 12.2. The van der Waals surface area contributed by atoms with Gasteiger partial charge in [-0.05, 0) is 97.0 Å². The second kappa shape index (κ2) is 21.4. The fraction of sp³-hybridized carbons (Fsp3) is 0.388. The molecule has 15 nitrogen and oxygen atoms in total. The Balaban J connectivity index is 1.18. The number of carbonyl (C=O) groups is 5. The first-order chi connectivity index (χ1) is 31.1. The number of alkyl carbamates (subject to hydrolysis) is 1. The van der Waals surface area contributed by atoms with Crippen molar-refractivity contribution in [3.05, 3.63) is 118 Å². The highest BCUT2D eigenvalue weighted by atomic mass is 32.2. The number of hydrogen-bond donors (Lipinski definition) is 3. The molecule has 0 bridgehead atoms. The zero-order valence-corrected chi connectivity index (χ0v) is 38.2. The van der Waals surface area contributed by atoms with Gasteiger partial charge in [-0.3, -0.25) is 19.2 Å². The number of hydrogen-bond acceptors (Lipinski definition) is 10. The normalized spacial score (nSPS) is 15.6. The summed E-state index contributed by atoms with van der Waals surface area (Å²) in [7, 11) is -1.43. The van der Waals surface area contributed by atoms with Crippen LogP contribution in [0.1, 0.15) is 90.7 Å². The van der Waals surface area contributed by atoms with E-state index >= 15 is 0 Å². The van der Waals surface area contributed by atoms with E-state index in [9.17, 15) is 32.4 Å². The number of amidine groups is 1. The quantitative estimate of drug-likeness (QED) is 0.0409. The maximum atomic E-state index is 14.9. The Morgan fingerprint density at radius 2 is 1.48 bits per heavy atom. The first kappa shape index (κ1) is 47.9. The minimum absolute atomic E-state index is 0.0210. The number of benzene rings is 4. The van der Waals surface area contributed by atoms with Gasteiger partial charge in [0.05, 0.1) is 31.6 Å². The predicted molar refractivity (Wildman–Crippen MR) is 245 cm³/mol. The van der Waals surface area contributed by atoms with Crippen molar-refractivity contribution in [3.63, 3.8) is 0 Å². The molecule has 4 aromatic rings. The largest absolute Gasteiger partial charge is 0.496 e. The van der Waals surface area contributed by atoms with E-state index in [1.54, 1.807) is 26.8 Å². The zero-order chi connectivity index (χ0) is 46.8. The van der Waals surface area contributed by atoms with Crippen LogP contribution in [0, 0.1) is 20.8 Å². The van der Waals surface area contributed by atoms with Crippen molar-refractivity contribution in [2.24, 2.45) is 10.1 Å². The molecule has 3 atom stereocenters. The lowest BCUT2D eigenvalue weighted by atomic mass is 9.88. The maximum Gasteiger partial charge on any atom is 0.408 e. The summed E-state index contributed by atoms with van der Waals surface area (Å²) in [6.07, 6.45) is 0.471. The number of unbranched alkanes of at least 4 members (excludes halogenated alkanes) is 1. The number of Topliss-reactive ketones (excluding diaryl/α,β-unsaturated/α-hetero) is 1. The molecule has 65 heavy (non-hydrogen) atoms. The SMILES string of the molecule is COC(=O)CCC(=O)C(CCCC/C(N)=N/S(=O)(=O)c1c(C)cc(OC)c(C)c1C)NC(=O)[C@@H]1CCCN1C(=O)C(NC(=O)OCc1ccccc1)C1c2ccccc2-c2ccccc21. The van der Waals surface area contributed by atoms with E-state index < -0.39 is 63.7 Å². The van der Waals surface area contributed by atoms with Crippen molar-refractivity contribution >= 4 is 45.5 Å². The number of rotatable bonds is 19. The molecule has 0 radical (unpaired) electrons.